The summed E-state index contributed by atoms with van der Waals surface area (Å²) in [7, 11) is 0. The Morgan fingerprint density at radius 2 is 2.09 bits per heavy atom. The molecule has 4 rings (SSSR count). The summed E-state index contributed by atoms with van der Waals surface area (Å²) >= 11 is 0. The predicted molar refractivity (Wildman–Crippen MR) is 84.3 cm³/mol. The second-order valence-electron chi connectivity index (χ2n) is 5.92. The molecule has 1 N–H and O–H groups in total. The second kappa shape index (κ2) is 5.50. The van der Waals surface area contributed by atoms with E-state index in [2.05, 4.69) is 10.3 Å². The van der Waals surface area contributed by atoms with Crippen molar-refractivity contribution in [3.63, 3.8) is 0 Å². The highest BCUT2D eigenvalue weighted by atomic mass is 19.1. The lowest BCUT2D eigenvalue weighted by Crippen LogP contribution is -2.25. The summed E-state index contributed by atoms with van der Waals surface area (Å²) in [5, 5.41) is 2.94. The van der Waals surface area contributed by atoms with Gasteiger partial charge in [0.2, 0.25) is 5.91 Å². The summed E-state index contributed by atoms with van der Waals surface area (Å²) in [6.45, 7) is 0.424. The Balaban J connectivity index is 1.36. The summed E-state index contributed by atoms with van der Waals surface area (Å²) < 4.78 is 14.9. The van der Waals surface area contributed by atoms with Crippen molar-refractivity contribution in [2.75, 3.05) is 0 Å². The maximum Gasteiger partial charge on any atom is 0.224 e. The van der Waals surface area contributed by atoms with E-state index in [-0.39, 0.29) is 23.6 Å². The third-order valence-electron chi connectivity index (χ3n) is 4.28. The summed E-state index contributed by atoms with van der Waals surface area (Å²) in [4.78, 5) is 16.7. The molecule has 116 valence electrons. The molecule has 1 aromatic carbocycles. The van der Waals surface area contributed by atoms with Crippen molar-refractivity contribution in [3.8, 4) is 0 Å². The summed E-state index contributed by atoms with van der Waals surface area (Å²) in [5.74, 6) is -0.0206. The Morgan fingerprint density at radius 1 is 1.26 bits per heavy atom. The van der Waals surface area contributed by atoms with Crippen LogP contribution in [0.2, 0.25) is 0 Å². The van der Waals surface area contributed by atoms with Gasteiger partial charge in [0.25, 0.3) is 0 Å². The number of aromatic nitrogens is 2. The van der Waals surface area contributed by atoms with Gasteiger partial charge in [-0.15, -0.1) is 0 Å². The topological polar surface area (TPSA) is 46.4 Å². The zero-order valence-corrected chi connectivity index (χ0v) is 12.4. The molecule has 1 saturated carbocycles. The van der Waals surface area contributed by atoms with E-state index < -0.39 is 0 Å². The van der Waals surface area contributed by atoms with E-state index in [1.54, 1.807) is 12.1 Å². The van der Waals surface area contributed by atoms with Gasteiger partial charge in [-0.3, -0.25) is 4.79 Å². The van der Waals surface area contributed by atoms with Crippen LogP contribution in [0.25, 0.3) is 5.65 Å². The molecule has 0 spiro atoms. The molecular weight excluding hydrogens is 293 g/mol. The SMILES string of the molecule is O=C(NCc1cn2ccccc2n1)[C@@H]1C[C@H]1c1ccc(F)cc1. The molecule has 1 aliphatic carbocycles. The summed E-state index contributed by atoms with van der Waals surface area (Å²) in [6, 6.07) is 12.2. The molecule has 3 aromatic rings. The van der Waals surface area contributed by atoms with E-state index in [4.69, 9.17) is 0 Å². The standard InChI is InChI=1S/C18H16FN3O/c19-13-6-4-12(5-7-13)15-9-16(15)18(23)20-10-14-11-22-8-2-1-3-17(22)21-14/h1-8,11,15-16H,9-10H2,(H,20,23)/t15-,16+/m0/s1. The van der Waals surface area contributed by atoms with Gasteiger partial charge in [0.15, 0.2) is 0 Å². The highest BCUT2D eigenvalue weighted by Gasteiger charge is 2.43. The predicted octanol–water partition coefficient (Wildman–Crippen LogP) is 2.89. The molecule has 2 atom stereocenters. The van der Waals surface area contributed by atoms with E-state index in [1.165, 1.54) is 12.1 Å². The van der Waals surface area contributed by atoms with Crippen LogP contribution >= 0.6 is 0 Å². The number of hydrogen-bond donors (Lipinski definition) is 1. The first-order valence-electron chi connectivity index (χ1n) is 7.66. The number of pyridine rings is 1. The Labute approximate surface area is 133 Å². The summed E-state index contributed by atoms with van der Waals surface area (Å²) in [6.07, 6.45) is 4.67. The molecule has 23 heavy (non-hydrogen) atoms. The Hall–Kier alpha value is -2.69. The monoisotopic (exact) mass is 309 g/mol. The van der Waals surface area contributed by atoms with Gasteiger partial charge in [-0.1, -0.05) is 18.2 Å². The van der Waals surface area contributed by atoms with Gasteiger partial charge in [0.1, 0.15) is 11.5 Å². The van der Waals surface area contributed by atoms with Crippen molar-refractivity contribution in [1.82, 2.24) is 14.7 Å². The van der Waals surface area contributed by atoms with Crippen LogP contribution < -0.4 is 5.32 Å². The molecular formula is C18H16FN3O. The molecule has 2 heterocycles. The minimum Gasteiger partial charge on any atom is -0.350 e. The maximum absolute atomic E-state index is 12.9. The number of imidazole rings is 1. The molecule has 0 aliphatic heterocycles. The lowest BCUT2D eigenvalue weighted by molar-refractivity contribution is -0.122. The van der Waals surface area contributed by atoms with E-state index in [0.29, 0.717) is 6.54 Å². The number of halogens is 1. The van der Waals surface area contributed by atoms with E-state index in [1.807, 2.05) is 35.0 Å². The molecule has 1 aliphatic rings. The van der Waals surface area contributed by atoms with Gasteiger partial charge < -0.3 is 9.72 Å². The Morgan fingerprint density at radius 3 is 2.87 bits per heavy atom. The number of rotatable bonds is 4. The van der Waals surface area contributed by atoms with Crippen molar-refractivity contribution >= 4 is 11.6 Å². The minimum atomic E-state index is -0.248. The van der Waals surface area contributed by atoms with Gasteiger partial charge >= 0.3 is 0 Å². The first-order chi connectivity index (χ1) is 11.2. The molecule has 2 aromatic heterocycles. The van der Waals surface area contributed by atoms with Gasteiger partial charge in [0.05, 0.1) is 12.2 Å². The van der Waals surface area contributed by atoms with Gasteiger partial charge in [-0.2, -0.15) is 0 Å². The van der Waals surface area contributed by atoms with Gasteiger partial charge in [0, 0.05) is 18.3 Å². The molecule has 1 fully saturated rings. The molecule has 0 radical (unpaired) electrons. The first-order valence-corrected chi connectivity index (χ1v) is 7.66. The van der Waals surface area contributed by atoms with Crippen LogP contribution in [0, 0.1) is 11.7 Å². The average Bonchev–Trinajstić information content (AvgIpc) is 3.25. The quantitative estimate of drug-likeness (QED) is 0.805. The number of nitrogens with zero attached hydrogens (tertiary/aromatic N) is 2. The molecule has 4 nitrogen and oxygen atoms in total. The Bertz CT molecular complexity index is 823. The van der Waals surface area contributed by atoms with Crippen molar-refractivity contribution < 1.29 is 9.18 Å². The second-order valence-corrected chi connectivity index (χ2v) is 5.92. The zero-order chi connectivity index (χ0) is 15.8. The number of carbonyl (C=O) groups is 1. The highest BCUT2D eigenvalue weighted by Crippen LogP contribution is 2.47. The van der Waals surface area contributed by atoms with Crippen LogP contribution in [0.4, 0.5) is 4.39 Å². The maximum atomic E-state index is 12.9. The van der Waals surface area contributed by atoms with Crippen LogP contribution in [0.1, 0.15) is 23.6 Å². The van der Waals surface area contributed by atoms with E-state index in [9.17, 15) is 9.18 Å². The molecule has 0 unspecified atom stereocenters. The summed E-state index contributed by atoms with van der Waals surface area (Å²) in [5.41, 5.74) is 2.73. The van der Waals surface area contributed by atoms with Crippen LogP contribution in [0.15, 0.2) is 54.9 Å². The van der Waals surface area contributed by atoms with Crippen molar-refractivity contribution in [2.45, 2.75) is 18.9 Å². The Kier molecular flexibility index (Phi) is 3.33. The molecule has 1 amide bonds. The van der Waals surface area contributed by atoms with Crippen LogP contribution in [-0.2, 0) is 11.3 Å². The fraction of sp³-hybridized carbons (Fsp3) is 0.222. The van der Waals surface area contributed by atoms with Gasteiger partial charge in [-0.25, -0.2) is 9.37 Å². The zero-order valence-electron chi connectivity index (χ0n) is 12.4. The van der Waals surface area contributed by atoms with Crippen LogP contribution in [0.3, 0.4) is 0 Å². The van der Waals surface area contributed by atoms with E-state index in [0.717, 1.165) is 23.3 Å². The fourth-order valence-electron chi connectivity index (χ4n) is 2.94. The third-order valence-corrected chi connectivity index (χ3v) is 4.28. The number of nitrogens with one attached hydrogen (secondary N) is 1. The van der Waals surface area contributed by atoms with Crippen molar-refractivity contribution in [2.24, 2.45) is 5.92 Å². The van der Waals surface area contributed by atoms with E-state index >= 15 is 0 Å². The minimum absolute atomic E-state index is 0.0162. The number of benzene rings is 1. The number of fused-ring (bicyclic) bond motifs is 1. The van der Waals surface area contributed by atoms with Crippen molar-refractivity contribution in [1.29, 1.82) is 0 Å². The average molecular weight is 309 g/mol. The van der Waals surface area contributed by atoms with Crippen LogP contribution in [0.5, 0.6) is 0 Å². The molecule has 0 bridgehead atoms. The normalized spacial score (nSPS) is 19.7. The third kappa shape index (κ3) is 2.82. The van der Waals surface area contributed by atoms with Gasteiger partial charge in [-0.05, 0) is 42.2 Å². The first kappa shape index (κ1) is 13.9. The number of amides is 1. The fourth-order valence-corrected chi connectivity index (χ4v) is 2.94. The highest BCUT2D eigenvalue weighted by molar-refractivity contribution is 5.82. The molecule has 5 heteroatoms. The number of hydrogen-bond acceptors (Lipinski definition) is 2. The lowest BCUT2D eigenvalue weighted by atomic mass is 10.1. The number of carbonyl (C=O) groups excluding carboxylic acids is 1. The largest absolute Gasteiger partial charge is 0.350 e. The van der Waals surface area contributed by atoms with Crippen LogP contribution in [-0.4, -0.2) is 15.3 Å². The molecule has 0 saturated heterocycles. The lowest BCUT2D eigenvalue weighted by Gasteiger charge is -2.03. The smallest absolute Gasteiger partial charge is 0.224 e. The van der Waals surface area contributed by atoms with Crippen molar-refractivity contribution in [3.05, 3.63) is 71.9 Å².